The highest BCUT2D eigenvalue weighted by Gasteiger charge is 2.23. The van der Waals surface area contributed by atoms with Gasteiger partial charge in [-0.1, -0.05) is 26.2 Å². The van der Waals surface area contributed by atoms with Crippen molar-refractivity contribution in [1.82, 2.24) is 20.5 Å². The molecule has 2 rings (SSSR count). The van der Waals surface area contributed by atoms with E-state index in [4.69, 9.17) is 0 Å². The van der Waals surface area contributed by atoms with Gasteiger partial charge in [0.15, 0.2) is 5.82 Å². The molecule has 1 aromatic rings. The molecule has 1 heterocycles. The van der Waals surface area contributed by atoms with E-state index in [2.05, 4.69) is 27.4 Å². The molecule has 0 aromatic carbocycles. The molecule has 0 aliphatic heterocycles. The van der Waals surface area contributed by atoms with Gasteiger partial charge in [0.1, 0.15) is 5.82 Å². The Morgan fingerprint density at radius 2 is 2.28 bits per heavy atom. The summed E-state index contributed by atoms with van der Waals surface area (Å²) in [5.41, 5.74) is 0. The van der Waals surface area contributed by atoms with Gasteiger partial charge in [-0.2, -0.15) is 5.10 Å². The van der Waals surface area contributed by atoms with E-state index in [1.807, 2.05) is 6.92 Å². The minimum absolute atomic E-state index is 0.692. The van der Waals surface area contributed by atoms with Gasteiger partial charge in [-0.25, -0.2) is 4.98 Å². The van der Waals surface area contributed by atoms with Crippen LogP contribution in [0.2, 0.25) is 0 Å². The monoisotopic (exact) mass is 250 g/mol. The van der Waals surface area contributed by atoms with Gasteiger partial charge in [-0.15, -0.1) is 0 Å². The lowest BCUT2D eigenvalue weighted by atomic mass is 9.78. The van der Waals surface area contributed by atoms with Crippen molar-refractivity contribution in [1.29, 1.82) is 0 Å². The smallest absolute Gasteiger partial charge is 0.151 e. The number of aryl methyl sites for hydroxylation is 1. The van der Waals surface area contributed by atoms with Gasteiger partial charge in [-0.05, 0) is 44.7 Å². The molecule has 1 aliphatic rings. The third-order valence-corrected chi connectivity index (χ3v) is 3.87. The van der Waals surface area contributed by atoms with Crippen LogP contribution in [0.5, 0.6) is 0 Å². The third-order valence-electron chi connectivity index (χ3n) is 3.87. The van der Waals surface area contributed by atoms with Crippen LogP contribution < -0.4 is 5.32 Å². The molecule has 4 heteroatoms. The summed E-state index contributed by atoms with van der Waals surface area (Å²) in [5, 5.41) is 10.8. The number of nitrogens with one attached hydrogen (secondary N) is 2. The Hall–Kier alpha value is -0.900. The van der Waals surface area contributed by atoms with Gasteiger partial charge in [0.25, 0.3) is 0 Å². The SMILES string of the molecule is CCCNCC(Cc1n[nH]c(C)n1)CC1CCC1. The number of rotatable bonds is 8. The molecule has 0 spiro atoms. The zero-order chi connectivity index (χ0) is 12.8. The van der Waals surface area contributed by atoms with E-state index in [-0.39, 0.29) is 0 Å². The third kappa shape index (κ3) is 4.09. The lowest BCUT2D eigenvalue weighted by molar-refractivity contribution is 0.242. The fourth-order valence-corrected chi connectivity index (χ4v) is 2.66. The van der Waals surface area contributed by atoms with E-state index >= 15 is 0 Å². The van der Waals surface area contributed by atoms with E-state index in [9.17, 15) is 0 Å². The van der Waals surface area contributed by atoms with Crippen LogP contribution >= 0.6 is 0 Å². The van der Waals surface area contributed by atoms with Crippen LogP contribution in [-0.4, -0.2) is 28.3 Å². The number of H-pyrrole nitrogens is 1. The number of aromatic amines is 1. The molecule has 0 bridgehead atoms. The molecule has 0 amide bonds. The van der Waals surface area contributed by atoms with Gasteiger partial charge >= 0.3 is 0 Å². The largest absolute Gasteiger partial charge is 0.316 e. The Bertz CT molecular complexity index is 343. The fourth-order valence-electron chi connectivity index (χ4n) is 2.66. The summed E-state index contributed by atoms with van der Waals surface area (Å²) < 4.78 is 0. The van der Waals surface area contributed by atoms with Crippen molar-refractivity contribution < 1.29 is 0 Å². The molecule has 4 nitrogen and oxygen atoms in total. The van der Waals surface area contributed by atoms with Gasteiger partial charge in [0.2, 0.25) is 0 Å². The van der Waals surface area contributed by atoms with Crippen molar-refractivity contribution in [2.75, 3.05) is 13.1 Å². The van der Waals surface area contributed by atoms with E-state index in [0.717, 1.165) is 37.1 Å². The average molecular weight is 250 g/mol. The van der Waals surface area contributed by atoms with Crippen molar-refractivity contribution in [2.24, 2.45) is 11.8 Å². The minimum Gasteiger partial charge on any atom is -0.316 e. The summed E-state index contributed by atoms with van der Waals surface area (Å²) in [6.07, 6.45) is 7.84. The molecule has 1 saturated carbocycles. The van der Waals surface area contributed by atoms with E-state index in [1.165, 1.54) is 32.1 Å². The molecule has 1 aliphatic carbocycles. The number of nitrogens with zero attached hydrogens (tertiary/aromatic N) is 2. The summed E-state index contributed by atoms with van der Waals surface area (Å²) in [7, 11) is 0. The standard InChI is InChI=1S/C14H26N4/c1-3-7-15-10-13(8-12-5-4-6-12)9-14-16-11(2)17-18-14/h12-13,15H,3-10H2,1-2H3,(H,16,17,18). The molecule has 0 saturated heterocycles. The van der Waals surface area contributed by atoms with E-state index < -0.39 is 0 Å². The van der Waals surface area contributed by atoms with Crippen LogP contribution in [0.1, 0.15) is 50.7 Å². The highest BCUT2D eigenvalue weighted by molar-refractivity contribution is 4.91. The Labute approximate surface area is 110 Å². The Morgan fingerprint density at radius 1 is 1.44 bits per heavy atom. The highest BCUT2D eigenvalue weighted by Crippen LogP contribution is 2.32. The second-order valence-electron chi connectivity index (χ2n) is 5.64. The first-order valence-corrected chi connectivity index (χ1v) is 7.36. The summed E-state index contributed by atoms with van der Waals surface area (Å²) in [4.78, 5) is 4.44. The van der Waals surface area contributed by atoms with Gasteiger partial charge in [0, 0.05) is 6.42 Å². The Morgan fingerprint density at radius 3 is 2.83 bits per heavy atom. The zero-order valence-electron chi connectivity index (χ0n) is 11.7. The van der Waals surface area contributed by atoms with Crippen LogP contribution in [-0.2, 0) is 6.42 Å². The second-order valence-corrected chi connectivity index (χ2v) is 5.64. The first kappa shape index (κ1) is 13.5. The fraction of sp³-hybridized carbons (Fsp3) is 0.857. The lowest BCUT2D eigenvalue weighted by Crippen LogP contribution is -2.28. The maximum atomic E-state index is 4.44. The normalized spacial score (nSPS) is 17.7. The summed E-state index contributed by atoms with van der Waals surface area (Å²) >= 11 is 0. The summed E-state index contributed by atoms with van der Waals surface area (Å²) in [6.45, 7) is 6.41. The minimum atomic E-state index is 0.692. The molecule has 1 atom stereocenters. The van der Waals surface area contributed by atoms with E-state index in [0.29, 0.717) is 5.92 Å². The molecule has 1 aromatic heterocycles. The molecule has 0 radical (unpaired) electrons. The van der Waals surface area contributed by atoms with Crippen molar-refractivity contribution in [3.63, 3.8) is 0 Å². The topological polar surface area (TPSA) is 53.6 Å². The Kier molecular flexibility index (Phi) is 5.17. The first-order chi connectivity index (χ1) is 8.78. The Balaban J connectivity index is 1.81. The number of hydrogen-bond donors (Lipinski definition) is 2. The van der Waals surface area contributed by atoms with Gasteiger partial charge in [-0.3, -0.25) is 5.10 Å². The van der Waals surface area contributed by atoms with Crippen LogP contribution in [0.25, 0.3) is 0 Å². The van der Waals surface area contributed by atoms with Gasteiger partial charge in [0.05, 0.1) is 0 Å². The van der Waals surface area contributed by atoms with Crippen LogP contribution in [0.15, 0.2) is 0 Å². The van der Waals surface area contributed by atoms with Crippen molar-refractivity contribution in [3.05, 3.63) is 11.6 Å². The van der Waals surface area contributed by atoms with E-state index in [1.54, 1.807) is 0 Å². The van der Waals surface area contributed by atoms with Crippen LogP contribution in [0.3, 0.4) is 0 Å². The maximum absolute atomic E-state index is 4.44. The number of hydrogen-bond acceptors (Lipinski definition) is 3. The zero-order valence-corrected chi connectivity index (χ0v) is 11.7. The molecule has 2 N–H and O–H groups in total. The van der Waals surface area contributed by atoms with Gasteiger partial charge < -0.3 is 5.32 Å². The lowest BCUT2D eigenvalue weighted by Gasteiger charge is -2.29. The first-order valence-electron chi connectivity index (χ1n) is 7.36. The molecule has 102 valence electrons. The second kappa shape index (κ2) is 6.88. The maximum Gasteiger partial charge on any atom is 0.151 e. The molecule has 1 unspecified atom stereocenters. The highest BCUT2D eigenvalue weighted by atomic mass is 15.2. The quantitative estimate of drug-likeness (QED) is 0.697. The number of aromatic nitrogens is 3. The van der Waals surface area contributed by atoms with Crippen LogP contribution in [0, 0.1) is 18.8 Å². The predicted molar refractivity (Wildman–Crippen MR) is 73.4 cm³/mol. The average Bonchev–Trinajstić information content (AvgIpc) is 2.69. The molecular formula is C14H26N4. The van der Waals surface area contributed by atoms with Crippen molar-refractivity contribution in [3.8, 4) is 0 Å². The van der Waals surface area contributed by atoms with Crippen molar-refractivity contribution in [2.45, 2.75) is 52.4 Å². The molecule has 1 fully saturated rings. The molecular weight excluding hydrogens is 224 g/mol. The predicted octanol–water partition coefficient (Wildman–Crippen LogP) is 2.46. The molecule has 18 heavy (non-hydrogen) atoms. The summed E-state index contributed by atoms with van der Waals surface area (Å²) in [6, 6.07) is 0. The van der Waals surface area contributed by atoms with Crippen LogP contribution in [0.4, 0.5) is 0 Å². The van der Waals surface area contributed by atoms with Crippen molar-refractivity contribution >= 4 is 0 Å². The summed E-state index contributed by atoms with van der Waals surface area (Å²) in [5.74, 6) is 3.56.